The number of rotatable bonds is 7. The Bertz CT molecular complexity index is 782. The van der Waals surface area contributed by atoms with Crippen LogP contribution in [0.1, 0.15) is 58.2 Å². The first-order chi connectivity index (χ1) is 12.4. The third kappa shape index (κ3) is 5.30. The highest BCUT2D eigenvalue weighted by Crippen LogP contribution is 2.27. The number of hydrogen-bond acceptors (Lipinski definition) is 3. The number of carbonyl (C=O) groups is 2. The Morgan fingerprint density at radius 3 is 2.58 bits per heavy atom. The van der Waals surface area contributed by atoms with Gasteiger partial charge < -0.3 is 10.6 Å². The van der Waals surface area contributed by atoms with Crippen LogP contribution in [0.25, 0.3) is 0 Å². The molecule has 0 bridgehead atoms. The zero-order valence-corrected chi connectivity index (χ0v) is 16.1. The van der Waals surface area contributed by atoms with Gasteiger partial charge in [-0.1, -0.05) is 37.4 Å². The highest BCUT2D eigenvalue weighted by molar-refractivity contribution is 6.34. The molecule has 0 radical (unpaired) electrons. The fourth-order valence-corrected chi connectivity index (χ4v) is 2.99. The number of anilines is 1. The Morgan fingerprint density at radius 2 is 1.88 bits per heavy atom. The first-order valence-corrected chi connectivity index (χ1v) is 9.12. The molecular formula is C20H24ClN3O2. The fraction of sp³-hybridized carbons (Fsp3) is 0.350. The second kappa shape index (κ2) is 9.34. The van der Waals surface area contributed by atoms with Crippen molar-refractivity contribution < 1.29 is 9.59 Å². The summed E-state index contributed by atoms with van der Waals surface area (Å²) in [6.07, 6.45) is 4.56. The smallest absolute Gasteiger partial charge is 0.274 e. The molecule has 2 N–H and O–H groups in total. The third-order valence-electron chi connectivity index (χ3n) is 3.99. The van der Waals surface area contributed by atoms with E-state index in [0.717, 1.165) is 30.4 Å². The summed E-state index contributed by atoms with van der Waals surface area (Å²) in [5, 5.41) is 6.11. The molecule has 0 spiro atoms. The van der Waals surface area contributed by atoms with Crippen LogP contribution in [0.5, 0.6) is 0 Å². The van der Waals surface area contributed by atoms with Crippen molar-refractivity contribution in [1.29, 1.82) is 0 Å². The van der Waals surface area contributed by atoms with Gasteiger partial charge in [-0.2, -0.15) is 0 Å². The predicted octanol–water partition coefficient (Wildman–Crippen LogP) is 4.52. The molecule has 6 heteroatoms. The van der Waals surface area contributed by atoms with Gasteiger partial charge in [-0.25, -0.2) is 0 Å². The Labute approximate surface area is 159 Å². The number of nitrogens with zero attached hydrogens (tertiary/aromatic N) is 1. The van der Waals surface area contributed by atoms with E-state index in [1.54, 1.807) is 12.1 Å². The van der Waals surface area contributed by atoms with Gasteiger partial charge in [-0.3, -0.25) is 14.6 Å². The summed E-state index contributed by atoms with van der Waals surface area (Å²) >= 11 is 6.23. The average molecular weight is 374 g/mol. The number of halogens is 1. The standard InChI is InChI=1S/C20H24ClN3O2/c1-4-5-6-8-23-19(25)15-7-9-22-17(12-15)20(26)24-18-14(3)10-13(2)11-16(18)21/h7,9-12H,4-6,8H2,1-3H3,(H,23,25)(H,24,26). The number of nitrogens with one attached hydrogen (secondary N) is 2. The van der Waals surface area contributed by atoms with Crippen molar-refractivity contribution in [2.75, 3.05) is 11.9 Å². The van der Waals surface area contributed by atoms with Crippen LogP contribution in [0.3, 0.4) is 0 Å². The van der Waals surface area contributed by atoms with E-state index in [0.29, 0.717) is 22.8 Å². The van der Waals surface area contributed by atoms with Gasteiger partial charge in [0.25, 0.3) is 11.8 Å². The predicted molar refractivity (Wildman–Crippen MR) is 105 cm³/mol. The summed E-state index contributed by atoms with van der Waals surface area (Å²) in [6.45, 7) is 6.54. The Balaban J connectivity index is 2.10. The lowest BCUT2D eigenvalue weighted by atomic mass is 10.1. The van der Waals surface area contributed by atoms with Crippen LogP contribution >= 0.6 is 11.6 Å². The molecule has 0 aliphatic heterocycles. The van der Waals surface area contributed by atoms with Crippen molar-refractivity contribution >= 4 is 29.1 Å². The van der Waals surface area contributed by atoms with Gasteiger partial charge in [0.2, 0.25) is 0 Å². The van der Waals surface area contributed by atoms with E-state index in [-0.39, 0.29) is 11.6 Å². The van der Waals surface area contributed by atoms with Crippen LogP contribution in [0, 0.1) is 13.8 Å². The van der Waals surface area contributed by atoms with Crippen LogP contribution < -0.4 is 10.6 Å². The number of aromatic nitrogens is 1. The highest BCUT2D eigenvalue weighted by atomic mass is 35.5. The minimum Gasteiger partial charge on any atom is -0.352 e. The average Bonchev–Trinajstić information content (AvgIpc) is 2.61. The van der Waals surface area contributed by atoms with Gasteiger partial charge in [0.15, 0.2) is 0 Å². The molecule has 0 aliphatic rings. The van der Waals surface area contributed by atoms with E-state index in [9.17, 15) is 9.59 Å². The molecule has 0 saturated heterocycles. The van der Waals surface area contributed by atoms with Crippen molar-refractivity contribution in [3.8, 4) is 0 Å². The summed E-state index contributed by atoms with van der Waals surface area (Å²) in [5.41, 5.74) is 3.02. The van der Waals surface area contributed by atoms with Crippen molar-refractivity contribution in [2.45, 2.75) is 40.0 Å². The first kappa shape index (κ1) is 19.9. The Kier molecular flexibility index (Phi) is 7.16. The number of aryl methyl sites for hydroxylation is 2. The second-order valence-electron chi connectivity index (χ2n) is 6.29. The molecule has 1 aromatic heterocycles. The van der Waals surface area contributed by atoms with Gasteiger partial charge in [0, 0.05) is 18.3 Å². The Hall–Kier alpha value is -2.40. The van der Waals surface area contributed by atoms with Gasteiger partial charge in [0.05, 0.1) is 10.7 Å². The van der Waals surface area contributed by atoms with Gasteiger partial charge >= 0.3 is 0 Å². The molecule has 0 unspecified atom stereocenters. The summed E-state index contributed by atoms with van der Waals surface area (Å²) in [5.74, 6) is -0.610. The molecular weight excluding hydrogens is 350 g/mol. The summed E-state index contributed by atoms with van der Waals surface area (Å²) in [4.78, 5) is 28.8. The zero-order chi connectivity index (χ0) is 19.1. The number of amides is 2. The molecule has 5 nitrogen and oxygen atoms in total. The molecule has 0 aliphatic carbocycles. The fourth-order valence-electron chi connectivity index (χ4n) is 2.63. The van der Waals surface area contributed by atoms with Crippen molar-refractivity contribution in [3.63, 3.8) is 0 Å². The van der Waals surface area contributed by atoms with Crippen molar-refractivity contribution in [1.82, 2.24) is 10.3 Å². The quantitative estimate of drug-likeness (QED) is 0.700. The summed E-state index contributed by atoms with van der Waals surface area (Å²) < 4.78 is 0. The van der Waals surface area contributed by atoms with Gasteiger partial charge in [-0.15, -0.1) is 0 Å². The van der Waals surface area contributed by atoms with Crippen molar-refractivity contribution in [3.05, 3.63) is 57.9 Å². The number of hydrogen-bond donors (Lipinski definition) is 2. The monoisotopic (exact) mass is 373 g/mol. The largest absolute Gasteiger partial charge is 0.352 e. The second-order valence-corrected chi connectivity index (χ2v) is 6.69. The van der Waals surface area contributed by atoms with E-state index < -0.39 is 5.91 Å². The minimum absolute atomic E-state index is 0.169. The molecule has 0 fully saturated rings. The Morgan fingerprint density at radius 1 is 1.12 bits per heavy atom. The molecule has 0 saturated carbocycles. The molecule has 0 atom stereocenters. The topological polar surface area (TPSA) is 71.1 Å². The maximum absolute atomic E-state index is 12.5. The maximum Gasteiger partial charge on any atom is 0.274 e. The SMILES string of the molecule is CCCCCNC(=O)c1ccnc(C(=O)Nc2c(C)cc(C)cc2Cl)c1. The van der Waals surface area contributed by atoms with Gasteiger partial charge in [-0.05, 0) is 49.6 Å². The zero-order valence-electron chi connectivity index (χ0n) is 15.4. The van der Waals surface area contributed by atoms with E-state index in [1.807, 2.05) is 19.9 Å². The van der Waals surface area contributed by atoms with Crippen LogP contribution in [0.15, 0.2) is 30.5 Å². The summed E-state index contributed by atoms with van der Waals surface area (Å²) in [7, 11) is 0. The molecule has 1 aromatic carbocycles. The lowest BCUT2D eigenvalue weighted by molar-refractivity contribution is 0.0953. The van der Waals surface area contributed by atoms with E-state index in [1.165, 1.54) is 12.3 Å². The lowest BCUT2D eigenvalue weighted by Gasteiger charge is -2.12. The van der Waals surface area contributed by atoms with Crippen LogP contribution in [0.4, 0.5) is 5.69 Å². The third-order valence-corrected chi connectivity index (χ3v) is 4.29. The normalized spacial score (nSPS) is 10.5. The first-order valence-electron chi connectivity index (χ1n) is 8.74. The van der Waals surface area contributed by atoms with E-state index >= 15 is 0 Å². The lowest BCUT2D eigenvalue weighted by Crippen LogP contribution is -2.25. The molecule has 26 heavy (non-hydrogen) atoms. The number of pyridine rings is 1. The van der Waals surface area contributed by atoms with E-state index in [4.69, 9.17) is 11.6 Å². The molecule has 2 rings (SSSR count). The van der Waals surface area contributed by atoms with Gasteiger partial charge in [0.1, 0.15) is 5.69 Å². The molecule has 1 heterocycles. The van der Waals surface area contributed by atoms with E-state index in [2.05, 4.69) is 22.5 Å². The minimum atomic E-state index is -0.403. The van der Waals surface area contributed by atoms with Crippen molar-refractivity contribution in [2.24, 2.45) is 0 Å². The maximum atomic E-state index is 12.5. The highest BCUT2D eigenvalue weighted by Gasteiger charge is 2.14. The number of unbranched alkanes of at least 4 members (excludes halogenated alkanes) is 2. The molecule has 2 amide bonds. The summed E-state index contributed by atoms with van der Waals surface area (Å²) in [6, 6.07) is 6.81. The van der Waals surface area contributed by atoms with Crippen LogP contribution in [-0.4, -0.2) is 23.3 Å². The van der Waals surface area contributed by atoms with Crippen LogP contribution in [-0.2, 0) is 0 Å². The number of carbonyl (C=O) groups excluding carboxylic acids is 2. The number of benzene rings is 1. The van der Waals surface area contributed by atoms with Crippen LogP contribution in [0.2, 0.25) is 5.02 Å². The molecule has 138 valence electrons. The molecule has 2 aromatic rings.